The number of carbonyl (C=O) groups excluding carboxylic acids is 1. The van der Waals surface area contributed by atoms with Crippen molar-refractivity contribution in [2.45, 2.75) is 26.2 Å². The molecule has 1 fully saturated rings. The second kappa shape index (κ2) is 4.61. The molecule has 0 aliphatic carbocycles. The van der Waals surface area contributed by atoms with E-state index in [1.54, 1.807) is 0 Å². The van der Waals surface area contributed by atoms with Crippen molar-refractivity contribution in [2.24, 2.45) is 5.92 Å². The summed E-state index contributed by atoms with van der Waals surface area (Å²) in [4.78, 5) is 11.4. The standard InChI is InChI=1S/C8H14BrNO3S/c1-2-3-7-4-8(11)10(5-7)14(12,13)6-9/h7H,2-6H2,1H3. The molecule has 0 spiro atoms. The van der Waals surface area contributed by atoms with Crippen LogP contribution in [0.1, 0.15) is 26.2 Å². The van der Waals surface area contributed by atoms with Gasteiger partial charge in [0.15, 0.2) is 0 Å². The van der Waals surface area contributed by atoms with Gasteiger partial charge in [-0.05, 0) is 12.3 Å². The number of halogens is 1. The Morgan fingerprint density at radius 2 is 2.21 bits per heavy atom. The van der Waals surface area contributed by atoms with Crippen LogP contribution in [-0.2, 0) is 14.8 Å². The van der Waals surface area contributed by atoms with Gasteiger partial charge >= 0.3 is 0 Å². The first-order valence-electron chi connectivity index (χ1n) is 4.60. The van der Waals surface area contributed by atoms with Crippen LogP contribution in [0.2, 0.25) is 0 Å². The summed E-state index contributed by atoms with van der Waals surface area (Å²) in [6.45, 7) is 2.40. The highest BCUT2D eigenvalue weighted by molar-refractivity contribution is 9.10. The molecule has 1 atom stereocenters. The predicted molar refractivity (Wildman–Crippen MR) is 57.4 cm³/mol. The molecule has 1 rings (SSSR count). The Labute approximate surface area is 92.8 Å². The van der Waals surface area contributed by atoms with Gasteiger partial charge in [-0.2, -0.15) is 0 Å². The Bertz CT molecular complexity index is 315. The molecule has 6 heteroatoms. The first kappa shape index (κ1) is 12.0. The average molecular weight is 284 g/mol. The van der Waals surface area contributed by atoms with Crippen LogP contribution in [0.25, 0.3) is 0 Å². The van der Waals surface area contributed by atoms with E-state index in [-0.39, 0.29) is 16.5 Å². The molecule has 1 aliphatic heterocycles. The molecule has 82 valence electrons. The molecule has 1 unspecified atom stereocenters. The lowest BCUT2D eigenvalue weighted by Crippen LogP contribution is -2.33. The molecule has 1 amide bonds. The summed E-state index contributed by atoms with van der Waals surface area (Å²) in [6.07, 6.45) is 2.28. The van der Waals surface area contributed by atoms with Crippen LogP contribution in [0, 0.1) is 5.92 Å². The number of hydrogen-bond donors (Lipinski definition) is 0. The number of sulfonamides is 1. The third kappa shape index (κ3) is 2.48. The molecule has 0 aromatic carbocycles. The smallest absolute Gasteiger partial charge is 0.247 e. The third-order valence-corrected chi connectivity index (χ3v) is 5.37. The van der Waals surface area contributed by atoms with Crippen molar-refractivity contribution in [3.05, 3.63) is 0 Å². The Balaban J connectivity index is 2.71. The van der Waals surface area contributed by atoms with Gasteiger partial charge in [0, 0.05) is 13.0 Å². The minimum absolute atomic E-state index is 0.176. The van der Waals surface area contributed by atoms with E-state index in [0.29, 0.717) is 13.0 Å². The second-order valence-electron chi connectivity index (χ2n) is 3.50. The van der Waals surface area contributed by atoms with E-state index in [1.807, 2.05) is 6.92 Å². The van der Waals surface area contributed by atoms with Crippen molar-refractivity contribution in [2.75, 3.05) is 11.2 Å². The monoisotopic (exact) mass is 283 g/mol. The molecule has 0 aromatic rings. The topological polar surface area (TPSA) is 54.5 Å². The molecule has 1 heterocycles. The fraction of sp³-hybridized carbons (Fsp3) is 0.875. The van der Waals surface area contributed by atoms with Gasteiger partial charge in [-0.15, -0.1) is 0 Å². The van der Waals surface area contributed by atoms with E-state index in [1.165, 1.54) is 0 Å². The van der Waals surface area contributed by atoms with Crippen molar-refractivity contribution in [3.8, 4) is 0 Å². The van der Waals surface area contributed by atoms with Crippen molar-refractivity contribution in [3.63, 3.8) is 0 Å². The van der Waals surface area contributed by atoms with Crippen LogP contribution >= 0.6 is 15.9 Å². The minimum atomic E-state index is -3.40. The zero-order valence-corrected chi connectivity index (χ0v) is 10.5. The number of carbonyl (C=O) groups is 1. The molecule has 0 bridgehead atoms. The first-order chi connectivity index (χ1) is 6.51. The Kier molecular flexibility index (Phi) is 3.94. The summed E-state index contributed by atoms with van der Waals surface area (Å²) in [7, 11) is -3.40. The molecule has 14 heavy (non-hydrogen) atoms. The van der Waals surface area contributed by atoms with Crippen LogP contribution in [0.15, 0.2) is 0 Å². The van der Waals surface area contributed by atoms with Crippen LogP contribution < -0.4 is 0 Å². The van der Waals surface area contributed by atoms with Gasteiger partial charge in [-0.25, -0.2) is 12.7 Å². The third-order valence-electron chi connectivity index (χ3n) is 2.34. The second-order valence-corrected chi connectivity index (χ2v) is 6.70. The van der Waals surface area contributed by atoms with Gasteiger partial charge in [0.05, 0.1) is 0 Å². The summed E-state index contributed by atoms with van der Waals surface area (Å²) in [5, 5.41) is 0. The molecule has 0 N–H and O–H groups in total. The maximum atomic E-state index is 11.4. The minimum Gasteiger partial charge on any atom is -0.274 e. The number of amides is 1. The maximum absolute atomic E-state index is 11.4. The zero-order valence-electron chi connectivity index (χ0n) is 8.07. The molecular formula is C8H14BrNO3S. The summed E-state index contributed by atoms with van der Waals surface area (Å²) >= 11 is 2.89. The zero-order chi connectivity index (χ0) is 10.8. The lowest BCUT2D eigenvalue weighted by Gasteiger charge is -2.14. The van der Waals surface area contributed by atoms with Gasteiger partial charge in [0.25, 0.3) is 0 Å². The van der Waals surface area contributed by atoms with Crippen LogP contribution in [0.5, 0.6) is 0 Å². The van der Waals surface area contributed by atoms with Crippen molar-refractivity contribution >= 4 is 31.9 Å². The molecule has 1 saturated heterocycles. The van der Waals surface area contributed by atoms with E-state index in [4.69, 9.17) is 0 Å². The van der Waals surface area contributed by atoms with Gasteiger partial charge in [0.2, 0.25) is 15.9 Å². The predicted octanol–water partition coefficient (Wildman–Crippen LogP) is 1.32. The van der Waals surface area contributed by atoms with Crippen LogP contribution in [-0.4, -0.2) is 29.8 Å². The Hall–Kier alpha value is -0.100. The highest BCUT2D eigenvalue weighted by Crippen LogP contribution is 2.25. The summed E-state index contributed by atoms with van der Waals surface area (Å²) in [5.41, 5.74) is 0. The first-order valence-corrected chi connectivity index (χ1v) is 7.33. The number of alkyl halides is 1. The number of nitrogens with zero attached hydrogens (tertiary/aromatic N) is 1. The summed E-state index contributed by atoms with van der Waals surface area (Å²) < 4.78 is 23.7. The van der Waals surface area contributed by atoms with E-state index in [9.17, 15) is 13.2 Å². The average Bonchev–Trinajstić information content (AvgIpc) is 2.48. The van der Waals surface area contributed by atoms with Crippen LogP contribution in [0.4, 0.5) is 0 Å². The van der Waals surface area contributed by atoms with Gasteiger partial charge in [-0.3, -0.25) is 4.79 Å². The van der Waals surface area contributed by atoms with Crippen LogP contribution in [0.3, 0.4) is 0 Å². The maximum Gasteiger partial charge on any atom is 0.247 e. The molecule has 0 saturated carbocycles. The van der Waals surface area contributed by atoms with Crippen molar-refractivity contribution in [1.82, 2.24) is 4.31 Å². The molecule has 0 radical (unpaired) electrons. The normalized spacial score (nSPS) is 23.1. The Morgan fingerprint density at radius 1 is 1.57 bits per heavy atom. The molecule has 4 nitrogen and oxygen atoms in total. The van der Waals surface area contributed by atoms with Gasteiger partial charge in [-0.1, -0.05) is 29.3 Å². The lowest BCUT2D eigenvalue weighted by atomic mass is 10.0. The quantitative estimate of drug-likeness (QED) is 0.732. The fourth-order valence-corrected chi connectivity index (χ4v) is 3.36. The Morgan fingerprint density at radius 3 is 2.71 bits per heavy atom. The summed E-state index contributed by atoms with van der Waals surface area (Å²) in [5.74, 6) is -0.0516. The van der Waals surface area contributed by atoms with E-state index < -0.39 is 10.0 Å². The highest BCUT2D eigenvalue weighted by atomic mass is 79.9. The highest BCUT2D eigenvalue weighted by Gasteiger charge is 2.36. The van der Waals surface area contributed by atoms with Gasteiger partial charge < -0.3 is 0 Å². The van der Waals surface area contributed by atoms with Gasteiger partial charge in [0.1, 0.15) is 4.66 Å². The van der Waals surface area contributed by atoms with Crippen molar-refractivity contribution < 1.29 is 13.2 Å². The SMILES string of the molecule is CCCC1CC(=O)N(S(=O)(=O)CBr)C1. The van der Waals surface area contributed by atoms with Crippen molar-refractivity contribution in [1.29, 1.82) is 0 Å². The number of hydrogen-bond acceptors (Lipinski definition) is 3. The largest absolute Gasteiger partial charge is 0.274 e. The molecule has 0 aromatic heterocycles. The summed E-state index contributed by atoms with van der Waals surface area (Å²) in [6, 6.07) is 0. The fourth-order valence-electron chi connectivity index (χ4n) is 1.68. The lowest BCUT2D eigenvalue weighted by molar-refractivity contribution is -0.123. The van der Waals surface area contributed by atoms with E-state index in [0.717, 1.165) is 17.1 Å². The number of rotatable bonds is 4. The molecule has 1 aliphatic rings. The molecular weight excluding hydrogens is 270 g/mol. The van der Waals surface area contributed by atoms with E-state index in [2.05, 4.69) is 15.9 Å². The van der Waals surface area contributed by atoms with E-state index >= 15 is 0 Å².